The topological polar surface area (TPSA) is 35.6 Å². The molecule has 1 heterocycles. The van der Waals surface area contributed by atoms with Gasteiger partial charge in [-0.25, -0.2) is 9.18 Å². The van der Waals surface area contributed by atoms with Gasteiger partial charge in [-0.15, -0.1) is 0 Å². The van der Waals surface area contributed by atoms with Gasteiger partial charge in [0, 0.05) is 32.9 Å². The van der Waals surface area contributed by atoms with Crippen LogP contribution in [-0.2, 0) is 0 Å². The van der Waals surface area contributed by atoms with Gasteiger partial charge in [0.15, 0.2) is 0 Å². The second-order valence-electron chi connectivity index (χ2n) is 5.04. The second kappa shape index (κ2) is 5.91. The number of anilines is 2. The molecule has 0 radical (unpaired) electrons. The van der Waals surface area contributed by atoms with Crippen LogP contribution in [0.4, 0.5) is 20.6 Å². The minimum Gasteiger partial charge on any atom is -0.371 e. The molecule has 1 saturated heterocycles. The van der Waals surface area contributed by atoms with E-state index in [0.717, 1.165) is 31.6 Å². The van der Waals surface area contributed by atoms with E-state index in [4.69, 9.17) is 0 Å². The summed E-state index contributed by atoms with van der Waals surface area (Å²) < 4.78 is 13.7. The Morgan fingerprint density at radius 3 is 2.58 bits per heavy atom. The molecule has 1 aliphatic heterocycles. The Kier molecular flexibility index (Phi) is 4.24. The van der Waals surface area contributed by atoms with Crippen molar-refractivity contribution in [3.05, 3.63) is 24.0 Å². The van der Waals surface area contributed by atoms with Gasteiger partial charge in [0.05, 0.1) is 5.69 Å². The van der Waals surface area contributed by atoms with Crippen LogP contribution < -0.4 is 10.2 Å². The molecule has 0 spiro atoms. The first-order chi connectivity index (χ1) is 9.08. The minimum absolute atomic E-state index is 0.238. The summed E-state index contributed by atoms with van der Waals surface area (Å²) in [7, 11) is 3.25. The minimum atomic E-state index is -0.407. The van der Waals surface area contributed by atoms with Gasteiger partial charge in [0.1, 0.15) is 5.82 Å². The Labute approximate surface area is 113 Å². The number of halogens is 1. The molecule has 2 rings (SSSR count). The fourth-order valence-electron chi connectivity index (χ4n) is 2.18. The smallest absolute Gasteiger partial charge is 0.321 e. The third kappa shape index (κ3) is 3.36. The molecule has 0 unspecified atom stereocenters. The van der Waals surface area contributed by atoms with E-state index in [9.17, 15) is 9.18 Å². The van der Waals surface area contributed by atoms with Gasteiger partial charge in [-0.05, 0) is 37.5 Å². The molecule has 19 heavy (non-hydrogen) atoms. The van der Waals surface area contributed by atoms with Crippen LogP contribution in [0.1, 0.15) is 19.3 Å². The van der Waals surface area contributed by atoms with E-state index >= 15 is 0 Å². The van der Waals surface area contributed by atoms with Crippen molar-refractivity contribution in [2.75, 3.05) is 37.4 Å². The predicted octanol–water partition coefficient (Wildman–Crippen LogP) is 2.91. The zero-order valence-electron chi connectivity index (χ0n) is 11.4. The van der Waals surface area contributed by atoms with Crippen molar-refractivity contribution in [1.82, 2.24) is 4.90 Å². The van der Waals surface area contributed by atoms with E-state index in [1.54, 1.807) is 26.2 Å². The normalized spacial score (nSPS) is 15.2. The highest BCUT2D eigenvalue weighted by atomic mass is 19.1. The number of piperidine rings is 1. The maximum atomic E-state index is 13.7. The lowest BCUT2D eigenvalue weighted by atomic mass is 10.1. The van der Waals surface area contributed by atoms with Crippen molar-refractivity contribution >= 4 is 17.4 Å². The highest BCUT2D eigenvalue weighted by Crippen LogP contribution is 2.25. The molecule has 5 heteroatoms. The van der Waals surface area contributed by atoms with E-state index in [1.165, 1.54) is 17.4 Å². The van der Waals surface area contributed by atoms with Gasteiger partial charge in [-0.1, -0.05) is 0 Å². The monoisotopic (exact) mass is 265 g/mol. The standard InChI is InChI=1S/C14H20FN3O/c1-17(2)14(19)16-13-10-11(6-7-12(13)15)18-8-4-3-5-9-18/h6-7,10H,3-5,8-9H2,1-2H3,(H,16,19). The third-order valence-corrected chi connectivity index (χ3v) is 3.32. The van der Waals surface area contributed by atoms with Gasteiger partial charge in [-0.3, -0.25) is 0 Å². The molecule has 0 saturated carbocycles. The van der Waals surface area contributed by atoms with Crippen LogP contribution in [0.2, 0.25) is 0 Å². The molecular formula is C14H20FN3O. The molecule has 0 aliphatic carbocycles. The molecule has 1 N–H and O–H groups in total. The molecule has 0 atom stereocenters. The van der Waals surface area contributed by atoms with E-state index in [1.807, 2.05) is 0 Å². The first-order valence-electron chi connectivity index (χ1n) is 6.61. The van der Waals surface area contributed by atoms with Crippen LogP contribution in [0.5, 0.6) is 0 Å². The number of benzene rings is 1. The molecule has 2 amide bonds. The van der Waals surface area contributed by atoms with Crippen LogP contribution in [-0.4, -0.2) is 38.1 Å². The van der Waals surface area contributed by atoms with Crippen molar-refractivity contribution in [2.24, 2.45) is 0 Å². The Bertz CT molecular complexity index is 456. The fraction of sp³-hybridized carbons (Fsp3) is 0.500. The molecular weight excluding hydrogens is 245 g/mol. The van der Waals surface area contributed by atoms with Crippen LogP contribution in [0.15, 0.2) is 18.2 Å². The Morgan fingerprint density at radius 1 is 1.26 bits per heavy atom. The van der Waals surface area contributed by atoms with Crippen molar-refractivity contribution in [2.45, 2.75) is 19.3 Å². The number of urea groups is 1. The summed E-state index contributed by atoms with van der Waals surface area (Å²) >= 11 is 0. The van der Waals surface area contributed by atoms with Crippen LogP contribution >= 0.6 is 0 Å². The third-order valence-electron chi connectivity index (χ3n) is 3.32. The fourth-order valence-corrected chi connectivity index (χ4v) is 2.18. The van der Waals surface area contributed by atoms with Crippen LogP contribution in [0, 0.1) is 5.82 Å². The van der Waals surface area contributed by atoms with E-state index in [0.29, 0.717) is 0 Å². The highest BCUT2D eigenvalue weighted by Gasteiger charge is 2.14. The maximum absolute atomic E-state index is 13.7. The molecule has 104 valence electrons. The molecule has 4 nitrogen and oxygen atoms in total. The van der Waals surface area contributed by atoms with Crippen molar-refractivity contribution in [3.8, 4) is 0 Å². The Balaban J connectivity index is 2.16. The summed E-state index contributed by atoms with van der Waals surface area (Å²) in [4.78, 5) is 15.2. The number of nitrogens with one attached hydrogen (secondary N) is 1. The largest absolute Gasteiger partial charge is 0.371 e. The van der Waals surface area contributed by atoms with E-state index < -0.39 is 5.82 Å². The Hall–Kier alpha value is -1.78. The summed E-state index contributed by atoms with van der Waals surface area (Å²) in [6.07, 6.45) is 3.58. The molecule has 1 aromatic rings. The van der Waals surface area contributed by atoms with Crippen molar-refractivity contribution in [1.29, 1.82) is 0 Å². The molecule has 1 aromatic carbocycles. The average molecular weight is 265 g/mol. The van der Waals surface area contributed by atoms with Crippen LogP contribution in [0.3, 0.4) is 0 Å². The number of hydrogen-bond acceptors (Lipinski definition) is 2. The molecule has 1 aliphatic rings. The van der Waals surface area contributed by atoms with Crippen LogP contribution in [0.25, 0.3) is 0 Å². The zero-order chi connectivity index (χ0) is 13.8. The van der Waals surface area contributed by atoms with Gasteiger partial charge in [-0.2, -0.15) is 0 Å². The number of nitrogens with zero attached hydrogens (tertiary/aromatic N) is 2. The summed E-state index contributed by atoms with van der Waals surface area (Å²) in [6, 6.07) is 4.57. The summed E-state index contributed by atoms with van der Waals surface area (Å²) in [5, 5.41) is 2.57. The first kappa shape index (κ1) is 13.6. The second-order valence-corrected chi connectivity index (χ2v) is 5.04. The number of hydrogen-bond donors (Lipinski definition) is 1. The van der Waals surface area contributed by atoms with Crippen molar-refractivity contribution < 1.29 is 9.18 Å². The Morgan fingerprint density at radius 2 is 1.95 bits per heavy atom. The number of amides is 2. The average Bonchev–Trinajstić information content (AvgIpc) is 2.42. The van der Waals surface area contributed by atoms with Gasteiger partial charge in [0.25, 0.3) is 0 Å². The lowest BCUT2D eigenvalue weighted by Crippen LogP contribution is -2.30. The number of carbonyl (C=O) groups is 1. The quantitative estimate of drug-likeness (QED) is 0.892. The highest BCUT2D eigenvalue weighted by molar-refractivity contribution is 5.89. The van der Waals surface area contributed by atoms with Gasteiger partial charge in [0.2, 0.25) is 0 Å². The van der Waals surface area contributed by atoms with Gasteiger partial charge >= 0.3 is 6.03 Å². The zero-order valence-corrected chi connectivity index (χ0v) is 11.4. The number of rotatable bonds is 2. The van der Waals surface area contributed by atoms with E-state index in [2.05, 4.69) is 10.2 Å². The molecule has 1 fully saturated rings. The number of carbonyl (C=O) groups excluding carboxylic acids is 1. The summed E-state index contributed by atoms with van der Waals surface area (Å²) in [5.41, 5.74) is 1.21. The summed E-state index contributed by atoms with van der Waals surface area (Å²) in [6.45, 7) is 1.99. The van der Waals surface area contributed by atoms with E-state index in [-0.39, 0.29) is 11.7 Å². The summed E-state index contributed by atoms with van der Waals surface area (Å²) in [5.74, 6) is -0.407. The first-order valence-corrected chi connectivity index (χ1v) is 6.61. The maximum Gasteiger partial charge on any atom is 0.321 e. The SMILES string of the molecule is CN(C)C(=O)Nc1cc(N2CCCCC2)ccc1F. The van der Waals surface area contributed by atoms with Gasteiger partial charge < -0.3 is 15.1 Å². The molecule has 0 aromatic heterocycles. The lowest BCUT2D eigenvalue weighted by Gasteiger charge is -2.29. The molecule has 0 bridgehead atoms. The predicted molar refractivity (Wildman–Crippen MR) is 75.2 cm³/mol. The lowest BCUT2D eigenvalue weighted by molar-refractivity contribution is 0.230. The van der Waals surface area contributed by atoms with Crippen molar-refractivity contribution in [3.63, 3.8) is 0 Å².